The molecule has 0 aliphatic heterocycles. The average Bonchev–Trinajstić information content (AvgIpc) is 2.95. The van der Waals surface area contributed by atoms with Crippen LogP contribution >= 0.6 is 7.82 Å². The van der Waals surface area contributed by atoms with E-state index in [9.17, 15) is 19.4 Å². The van der Waals surface area contributed by atoms with Crippen LogP contribution in [0.1, 0.15) is 155 Å². The number of aliphatic hydroxyl groups excluding tert-OH is 1. The molecule has 0 saturated heterocycles. The molecule has 0 aliphatic rings. The van der Waals surface area contributed by atoms with Gasteiger partial charge in [-0.25, -0.2) is 9.09 Å². The first kappa shape index (κ1) is 42.2. The van der Waals surface area contributed by atoms with Crippen LogP contribution in [0.5, 0.6) is 0 Å². The number of aliphatic hydroxyl groups is 1. The van der Waals surface area contributed by atoms with Gasteiger partial charge in [-0.2, -0.15) is 0 Å². The van der Waals surface area contributed by atoms with E-state index in [1.165, 1.54) is 96.3 Å². The smallest absolute Gasteiger partial charge is 0.387 e. The normalized spacial score (nSPS) is 15.0. The molecule has 0 heterocycles. The molecule has 1 unspecified atom stereocenters. The van der Waals surface area contributed by atoms with Crippen molar-refractivity contribution in [2.45, 2.75) is 167 Å². The summed E-state index contributed by atoms with van der Waals surface area (Å²) in [4.78, 5) is 22.8. The highest BCUT2D eigenvalue weighted by Gasteiger charge is 2.29. The van der Waals surface area contributed by atoms with Gasteiger partial charge in [-0.05, 0) is 19.3 Å². The Labute approximate surface area is 265 Å². The topological polar surface area (TPSA) is 105 Å². The molecule has 0 aromatic carbocycles. The highest BCUT2D eigenvalue weighted by molar-refractivity contribution is 7.47. The summed E-state index contributed by atoms with van der Waals surface area (Å²) >= 11 is 0. The van der Waals surface area contributed by atoms with Gasteiger partial charge in [-0.1, -0.05) is 142 Å². The second kappa shape index (κ2) is 27.5. The SMILES string of the molecule is CCCCCCCCCCCCC/C=C/[C@@H](O)[C@H](COP(=O)(O)OC[N+](C)(C)C)NC(=O)CCCCCCCCCCC. The Morgan fingerprint density at radius 2 is 1.19 bits per heavy atom. The number of hydrogen-bond acceptors (Lipinski definition) is 5. The Morgan fingerprint density at radius 3 is 1.65 bits per heavy atom. The van der Waals surface area contributed by atoms with E-state index >= 15 is 0 Å². The molecule has 9 heteroatoms. The summed E-state index contributed by atoms with van der Waals surface area (Å²) < 4.78 is 23.0. The van der Waals surface area contributed by atoms with Gasteiger partial charge < -0.3 is 19.8 Å². The molecule has 1 amide bonds. The molecule has 3 N–H and O–H groups in total. The zero-order chi connectivity index (χ0) is 32.2. The van der Waals surface area contributed by atoms with Crippen LogP contribution in [0.2, 0.25) is 0 Å². The summed E-state index contributed by atoms with van der Waals surface area (Å²) in [6.45, 7) is 4.14. The Bertz CT molecular complexity index is 728. The Balaban J connectivity index is 4.55. The molecule has 0 fully saturated rings. The number of rotatable bonds is 31. The monoisotopic (exact) mass is 633 g/mol. The van der Waals surface area contributed by atoms with Crippen LogP contribution in [0.25, 0.3) is 0 Å². The maximum atomic E-state index is 12.7. The summed E-state index contributed by atoms with van der Waals surface area (Å²) in [5, 5.41) is 13.7. The van der Waals surface area contributed by atoms with Crippen molar-refractivity contribution in [3.63, 3.8) is 0 Å². The number of hydrogen-bond donors (Lipinski definition) is 3. The molecule has 0 aromatic rings. The Hall–Kier alpha value is -0.760. The lowest BCUT2D eigenvalue weighted by atomic mass is 10.0. The largest absolute Gasteiger partial charge is 0.476 e. The summed E-state index contributed by atoms with van der Waals surface area (Å²) in [6.07, 6.45) is 28.4. The molecule has 0 aliphatic carbocycles. The van der Waals surface area contributed by atoms with E-state index < -0.39 is 20.0 Å². The van der Waals surface area contributed by atoms with Crippen molar-refractivity contribution in [1.29, 1.82) is 0 Å². The molecule has 8 nitrogen and oxygen atoms in total. The number of unbranched alkanes of at least 4 members (excludes halogenated alkanes) is 19. The van der Waals surface area contributed by atoms with Crippen molar-refractivity contribution < 1.29 is 32.9 Å². The second-order valence-electron chi connectivity index (χ2n) is 13.3. The predicted octanol–water partition coefficient (Wildman–Crippen LogP) is 8.81. The number of quaternary nitrogens is 1. The van der Waals surface area contributed by atoms with Gasteiger partial charge in [0.05, 0.1) is 39.9 Å². The number of carbonyl (C=O) groups is 1. The van der Waals surface area contributed by atoms with Gasteiger partial charge in [0.15, 0.2) is 6.73 Å². The number of allylic oxidation sites excluding steroid dienone is 1. The maximum absolute atomic E-state index is 12.7. The van der Waals surface area contributed by atoms with E-state index in [2.05, 4.69) is 19.2 Å². The van der Waals surface area contributed by atoms with Crippen molar-refractivity contribution in [1.82, 2.24) is 5.32 Å². The molecule has 3 atom stereocenters. The highest BCUT2D eigenvalue weighted by atomic mass is 31.2. The van der Waals surface area contributed by atoms with E-state index in [1.807, 2.05) is 27.2 Å². The lowest BCUT2D eigenvalue weighted by molar-refractivity contribution is -0.887. The predicted molar refractivity (Wildman–Crippen MR) is 180 cm³/mol. The molecule has 0 spiro atoms. The van der Waals surface area contributed by atoms with Gasteiger partial charge in [0.2, 0.25) is 5.91 Å². The van der Waals surface area contributed by atoms with Crippen LogP contribution in [0.4, 0.5) is 0 Å². The third-order valence-electron chi connectivity index (χ3n) is 7.60. The summed E-state index contributed by atoms with van der Waals surface area (Å²) in [5.74, 6) is -0.186. The molecule has 256 valence electrons. The number of nitrogens with zero attached hydrogens (tertiary/aromatic N) is 1. The molecule has 43 heavy (non-hydrogen) atoms. The van der Waals surface area contributed by atoms with E-state index in [0.717, 1.165) is 38.5 Å². The number of phosphoric acid groups is 1. The fourth-order valence-corrected chi connectivity index (χ4v) is 5.77. The number of phosphoric ester groups is 1. The minimum absolute atomic E-state index is 0.00910. The minimum atomic E-state index is -4.33. The lowest BCUT2D eigenvalue weighted by Gasteiger charge is -2.26. The molecular formula is C34H70N2O6P+. The molecule has 0 radical (unpaired) electrons. The van der Waals surface area contributed by atoms with E-state index in [-0.39, 0.29) is 19.2 Å². The Kier molecular flexibility index (Phi) is 27.1. The van der Waals surface area contributed by atoms with Crippen molar-refractivity contribution in [2.75, 3.05) is 34.5 Å². The summed E-state index contributed by atoms with van der Waals surface area (Å²) in [7, 11) is 1.17. The average molecular weight is 634 g/mol. The van der Waals surface area contributed by atoms with E-state index in [0.29, 0.717) is 10.9 Å². The molecule has 0 aromatic heterocycles. The molecule has 0 saturated carbocycles. The van der Waals surface area contributed by atoms with Gasteiger partial charge in [0.1, 0.15) is 0 Å². The van der Waals surface area contributed by atoms with Gasteiger partial charge in [0.25, 0.3) is 0 Å². The molecule has 0 rings (SSSR count). The van der Waals surface area contributed by atoms with Gasteiger partial charge in [0, 0.05) is 6.42 Å². The van der Waals surface area contributed by atoms with Crippen LogP contribution in [-0.2, 0) is 18.4 Å². The van der Waals surface area contributed by atoms with Crippen LogP contribution in [-0.4, -0.2) is 67.0 Å². The first-order valence-electron chi connectivity index (χ1n) is 17.6. The zero-order valence-electron chi connectivity index (χ0n) is 28.7. The highest BCUT2D eigenvalue weighted by Crippen LogP contribution is 2.43. The summed E-state index contributed by atoms with van der Waals surface area (Å²) in [6, 6.07) is -0.840. The lowest BCUT2D eigenvalue weighted by Crippen LogP contribution is -2.45. The van der Waals surface area contributed by atoms with Crippen LogP contribution < -0.4 is 5.32 Å². The van der Waals surface area contributed by atoms with Crippen molar-refractivity contribution in [3.8, 4) is 0 Å². The van der Waals surface area contributed by atoms with Crippen LogP contribution in [0, 0.1) is 0 Å². The minimum Gasteiger partial charge on any atom is -0.387 e. The van der Waals surface area contributed by atoms with E-state index in [1.54, 1.807) is 6.08 Å². The first-order valence-corrected chi connectivity index (χ1v) is 19.1. The Morgan fingerprint density at radius 1 is 0.744 bits per heavy atom. The molecular weight excluding hydrogens is 563 g/mol. The standard InChI is InChI=1S/C34H69N2O6P/c1-6-8-10-12-14-16-17-18-19-21-22-24-26-28-33(37)32(30-41-43(39,40)42-31-36(3,4)5)35-34(38)29-27-25-23-20-15-13-11-9-7-2/h26,28,32-33,37H,6-25,27,29-31H2,1-5H3,(H-,35,38,39,40)/p+1/b28-26+/t32-,33+/m0/s1. The third kappa shape index (κ3) is 29.7. The third-order valence-corrected chi connectivity index (χ3v) is 8.52. The summed E-state index contributed by atoms with van der Waals surface area (Å²) in [5.41, 5.74) is 0. The number of carbonyl (C=O) groups excluding carboxylic acids is 1. The number of amides is 1. The zero-order valence-corrected chi connectivity index (χ0v) is 29.6. The van der Waals surface area contributed by atoms with Crippen molar-refractivity contribution in [3.05, 3.63) is 12.2 Å². The van der Waals surface area contributed by atoms with Crippen molar-refractivity contribution >= 4 is 13.7 Å². The second-order valence-corrected chi connectivity index (χ2v) is 14.8. The maximum Gasteiger partial charge on any atom is 0.476 e. The van der Waals surface area contributed by atoms with Crippen LogP contribution in [0.3, 0.4) is 0 Å². The van der Waals surface area contributed by atoms with Crippen molar-refractivity contribution in [2.24, 2.45) is 0 Å². The number of nitrogens with one attached hydrogen (secondary N) is 1. The molecule has 0 bridgehead atoms. The van der Waals surface area contributed by atoms with Gasteiger partial charge >= 0.3 is 7.82 Å². The van der Waals surface area contributed by atoms with Crippen LogP contribution in [0.15, 0.2) is 12.2 Å². The fourth-order valence-electron chi connectivity index (χ4n) is 4.85. The first-order chi connectivity index (χ1) is 20.5. The van der Waals surface area contributed by atoms with Gasteiger partial charge in [-0.15, -0.1) is 0 Å². The van der Waals surface area contributed by atoms with E-state index in [4.69, 9.17) is 9.05 Å². The van der Waals surface area contributed by atoms with Gasteiger partial charge in [-0.3, -0.25) is 9.32 Å². The quantitative estimate of drug-likeness (QED) is 0.0232. The fraction of sp³-hybridized carbons (Fsp3) is 0.912.